The summed E-state index contributed by atoms with van der Waals surface area (Å²) in [7, 11) is 0. The SMILES string of the molecule is c1ccc(-c2ccc(-c3nc(-c4cc5c(cc4-c4ccccc4)C(c4ccccc4)(c4ccccc4)c4ccccc4-5)nc4c3oc3ccccc34)cc2)cc1. The average molecular weight is 715 g/mol. The van der Waals surface area contributed by atoms with Gasteiger partial charge in [0.1, 0.15) is 16.8 Å². The van der Waals surface area contributed by atoms with Crippen LogP contribution in [0.15, 0.2) is 211 Å². The first-order chi connectivity index (χ1) is 27.8. The molecule has 0 fully saturated rings. The van der Waals surface area contributed by atoms with Gasteiger partial charge in [-0.15, -0.1) is 0 Å². The Bertz CT molecular complexity index is 3000. The van der Waals surface area contributed by atoms with E-state index in [0.29, 0.717) is 11.4 Å². The zero-order chi connectivity index (χ0) is 37.1. The number of hydrogen-bond acceptors (Lipinski definition) is 3. The van der Waals surface area contributed by atoms with Gasteiger partial charge in [-0.25, -0.2) is 9.97 Å². The van der Waals surface area contributed by atoms with Gasteiger partial charge < -0.3 is 4.42 Å². The Morgan fingerprint density at radius 1 is 0.375 bits per heavy atom. The molecule has 3 nitrogen and oxygen atoms in total. The molecule has 0 saturated carbocycles. The average Bonchev–Trinajstić information content (AvgIpc) is 3.80. The second-order valence-corrected chi connectivity index (χ2v) is 14.5. The van der Waals surface area contributed by atoms with Gasteiger partial charge in [-0.1, -0.05) is 182 Å². The smallest absolute Gasteiger partial charge is 0.180 e. The number of para-hydroxylation sites is 1. The molecule has 0 radical (unpaired) electrons. The minimum atomic E-state index is -0.534. The van der Waals surface area contributed by atoms with Crippen molar-refractivity contribution in [2.45, 2.75) is 5.41 Å². The Morgan fingerprint density at radius 3 is 1.62 bits per heavy atom. The minimum Gasteiger partial charge on any atom is -0.452 e. The van der Waals surface area contributed by atoms with Crippen LogP contribution in [-0.4, -0.2) is 9.97 Å². The Hall–Kier alpha value is -7.36. The highest BCUT2D eigenvalue weighted by molar-refractivity contribution is 6.07. The van der Waals surface area contributed by atoms with Crippen molar-refractivity contribution in [2.24, 2.45) is 0 Å². The molecule has 2 heterocycles. The van der Waals surface area contributed by atoms with Crippen LogP contribution in [0, 0.1) is 0 Å². The van der Waals surface area contributed by atoms with Gasteiger partial charge in [0.15, 0.2) is 11.4 Å². The van der Waals surface area contributed by atoms with Crippen LogP contribution < -0.4 is 0 Å². The molecule has 10 aromatic rings. The molecule has 1 aliphatic carbocycles. The van der Waals surface area contributed by atoms with Crippen molar-refractivity contribution >= 4 is 22.1 Å². The van der Waals surface area contributed by atoms with Gasteiger partial charge in [-0.2, -0.15) is 0 Å². The zero-order valence-corrected chi connectivity index (χ0v) is 30.4. The number of rotatable bonds is 6. The van der Waals surface area contributed by atoms with E-state index in [1.807, 2.05) is 24.3 Å². The number of furan rings is 1. The van der Waals surface area contributed by atoms with E-state index in [4.69, 9.17) is 14.4 Å². The van der Waals surface area contributed by atoms with E-state index >= 15 is 0 Å². The summed E-state index contributed by atoms with van der Waals surface area (Å²) in [4.78, 5) is 10.9. The van der Waals surface area contributed by atoms with Crippen molar-refractivity contribution in [1.82, 2.24) is 9.97 Å². The summed E-state index contributed by atoms with van der Waals surface area (Å²) >= 11 is 0. The van der Waals surface area contributed by atoms with Crippen LogP contribution in [0.25, 0.3) is 78.1 Å². The highest BCUT2D eigenvalue weighted by atomic mass is 16.3. The van der Waals surface area contributed by atoms with E-state index in [1.165, 1.54) is 38.9 Å². The molecule has 262 valence electrons. The fourth-order valence-electron chi connectivity index (χ4n) is 8.89. The molecule has 2 aromatic heterocycles. The second-order valence-electron chi connectivity index (χ2n) is 14.5. The quantitative estimate of drug-likeness (QED) is 0.172. The fraction of sp³-hybridized carbons (Fsp3) is 0.0189. The Labute approximate surface area is 325 Å². The Morgan fingerprint density at radius 2 is 0.929 bits per heavy atom. The lowest BCUT2D eigenvalue weighted by Crippen LogP contribution is -2.28. The molecule has 0 amide bonds. The topological polar surface area (TPSA) is 38.9 Å². The van der Waals surface area contributed by atoms with Crippen LogP contribution in [-0.2, 0) is 5.41 Å². The number of nitrogens with zero attached hydrogens (tertiary/aromatic N) is 2. The molecule has 11 rings (SSSR count). The molecule has 1 aliphatic rings. The number of benzene rings is 8. The second kappa shape index (κ2) is 12.9. The first kappa shape index (κ1) is 32.1. The predicted octanol–water partition coefficient (Wildman–Crippen LogP) is 13.4. The van der Waals surface area contributed by atoms with Gasteiger partial charge in [0.05, 0.1) is 5.41 Å². The largest absolute Gasteiger partial charge is 0.452 e. The van der Waals surface area contributed by atoms with Crippen molar-refractivity contribution in [2.75, 3.05) is 0 Å². The third-order valence-corrected chi connectivity index (χ3v) is 11.4. The summed E-state index contributed by atoms with van der Waals surface area (Å²) in [6.45, 7) is 0. The van der Waals surface area contributed by atoms with Crippen LogP contribution in [0.3, 0.4) is 0 Å². The van der Waals surface area contributed by atoms with Crippen LogP contribution in [0.2, 0.25) is 0 Å². The maximum absolute atomic E-state index is 6.58. The van der Waals surface area contributed by atoms with E-state index < -0.39 is 5.41 Å². The Balaban J connectivity index is 1.22. The molecule has 0 atom stereocenters. The third kappa shape index (κ3) is 4.91. The van der Waals surface area contributed by atoms with E-state index in [9.17, 15) is 0 Å². The van der Waals surface area contributed by atoms with E-state index in [1.54, 1.807) is 0 Å². The van der Waals surface area contributed by atoms with Crippen LogP contribution in [0.1, 0.15) is 22.3 Å². The first-order valence-electron chi connectivity index (χ1n) is 19.1. The predicted molar refractivity (Wildman–Crippen MR) is 228 cm³/mol. The van der Waals surface area contributed by atoms with E-state index in [0.717, 1.165) is 50.0 Å². The summed E-state index contributed by atoms with van der Waals surface area (Å²) in [6, 6.07) is 73.4. The molecule has 56 heavy (non-hydrogen) atoms. The standard InChI is InChI=1S/C53H34N2O/c1-5-17-35(18-6-1)36-29-31-38(32-30-36)49-51-50(42-26-14-16-28-48(42)56-51)55-52(54-49)45-33-44-41-25-13-15-27-46(41)53(39-21-9-3-10-22-39,40-23-11-4-12-24-40)47(44)34-43(45)37-19-7-2-8-20-37/h1-34H. The van der Waals surface area contributed by atoms with Gasteiger partial charge in [-0.3, -0.25) is 0 Å². The molecule has 3 heteroatoms. The number of fused-ring (bicyclic) bond motifs is 6. The van der Waals surface area contributed by atoms with Crippen molar-refractivity contribution < 1.29 is 4.42 Å². The fourth-order valence-corrected chi connectivity index (χ4v) is 8.89. The third-order valence-electron chi connectivity index (χ3n) is 11.4. The molecule has 0 bridgehead atoms. The highest BCUT2D eigenvalue weighted by Gasteiger charge is 2.46. The number of aromatic nitrogens is 2. The van der Waals surface area contributed by atoms with E-state index in [2.05, 4.69) is 182 Å². The molecular weight excluding hydrogens is 681 g/mol. The monoisotopic (exact) mass is 714 g/mol. The molecular formula is C53H34N2O. The van der Waals surface area contributed by atoms with E-state index in [-0.39, 0.29) is 0 Å². The van der Waals surface area contributed by atoms with Crippen LogP contribution in [0.4, 0.5) is 0 Å². The lowest BCUT2D eigenvalue weighted by Gasteiger charge is -2.34. The molecule has 0 spiro atoms. The van der Waals surface area contributed by atoms with Crippen molar-refractivity contribution in [3.8, 4) is 56.0 Å². The maximum atomic E-state index is 6.58. The normalized spacial score (nSPS) is 12.8. The van der Waals surface area contributed by atoms with Crippen molar-refractivity contribution in [3.05, 3.63) is 229 Å². The zero-order valence-electron chi connectivity index (χ0n) is 30.4. The summed E-state index contributed by atoms with van der Waals surface area (Å²) in [5.41, 5.74) is 16.3. The van der Waals surface area contributed by atoms with Crippen molar-refractivity contribution in [3.63, 3.8) is 0 Å². The lowest BCUT2D eigenvalue weighted by atomic mass is 9.67. The molecule has 0 aliphatic heterocycles. The summed E-state index contributed by atoms with van der Waals surface area (Å²) in [6.07, 6.45) is 0. The highest BCUT2D eigenvalue weighted by Crippen LogP contribution is 2.58. The number of hydrogen-bond donors (Lipinski definition) is 0. The summed E-state index contributed by atoms with van der Waals surface area (Å²) in [5.74, 6) is 0.655. The van der Waals surface area contributed by atoms with Gasteiger partial charge in [0.2, 0.25) is 0 Å². The first-order valence-corrected chi connectivity index (χ1v) is 19.1. The maximum Gasteiger partial charge on any atom is 0.180 e. The molecule has 0 unspecified atom stereocenters. The van der Waals surface area contributed by atoms with Crippen LogP contribution in [0.5, 0.6) is 0 Å². The van der Waals surface area contributed by atoms with Gasteiger partial charge >= 0.3 is 0 Å². The molecule has 0 saturated heterocycles. The van der Waals surface area contributed by atoms with Gasteiger partial charge in [0.25, 0.3) is 0 Å². The summed E-state index contributed by atoms with van der Waals surface area (Å²) < 4.78 is 6.58. The minimum absolute atomic E-state index is 0.534. The van der Waals surface area contributed by atoms with Gasteiger partial charge in [-0.05, 0) is 79.9 Å². The van der Waals surface area contributed by atoms with Gasteiger partial charge in [0, 0.05) is 16.5 Å². The molecule has 8 aromatic carbocycles. The van der Waals surface area contributed by atoms with Crippen molar-refractivity contribution in [1.29, 1.82) is 0 Å². The Kier molecular flexibility index (Phi) is 7.39. The lowest BCUT2D eigenvalue weighted by molar-refractivity contribution is 0.667. The summed E-state index contributed by atoms with van der Waals surface area (Å²) in [5, 5.41) is 0.966. The molecule has 0 N–H and O–H groups in total. The van der Waals surface area contributed by atoms with Crippen LogP contribution >= 0.6 is 0 Å².